The number of rotatable bonds is 8. The van der Waals surface area contributed by atoms with Gasteiger partial charge in [-0.3, -0.25) is 9.78 Å². The average Bonchev–Trinajstić information content (AvgIpc) is 3.33. The monoisotopic (exact) mass is 411 g/mol. The highest BCUT2D eigenvalue weighted by molar-refractivity contribution is 5.95. The van der Waals surface area contributed by atoms with Gasteiger partial charge in [-0.25, -0.2) is 0 Å². The second-order valence-corrected chi connectivity index (χ2v) is 8.11. The van der Waals surface area contributed by atoms with E-state index in [0.29, 0.717) is 5.56 Å². The third-order valence-corrected chi connectivity index (χ3v) is 5.77. The van der Waals surface area contributed by atoms with Crippen molar-refractivity contribution in [1.29, 1.82) is 0 Å². The van der Waals surface area contributed by atoms with E-state index < -0.39 is 0 Å². The van der Waals surface area contributed by atoms with Crippen molar-refractivity contribution in [3.8, 4) is 0 Å². The van der Waals surface area contributed by atoms with Gasteiger partial charge < -0.3 is 10.6 Å². The Bertz CT molecular complexity index is 1010. The van der Waals surface area contributed by atoms with Gasteiger partial charge in [0.05, 0.1) is 5.69 Å². The first-order chi connectivity index (χ1) is 15.3. The summed E-state index contributed by atoms with van der Waals surface area (Å²) in [6, 6.07) is 21.7. The van der Waals surface area contributed by atoms with Crippen molar-refractivity contribution >= 4 is 29.4 Å². The van der Waals surface area contributed by atoms with E-state index in [0.717, 1.165) is 41.5 Å². The predicted molar refractivity (Wildman–Crippen MR) is 128 cm³/mol. The standard InChI is InChI=1S/C27H29N3O/c31-27(29-19-17-21-6-1-2-7-21)23-8-5-10-26(20-23)30-25-15-12-22(13-16-25)11-14-24-9-3-4-18-28-24/h3-5,8-16,18,20-21,30H,1-2,6-7,17,19H2,(H,29,31). The number of amides is 1. The largest absolute Gasteiger partial charge is 0.356 e. The minimum Gasteiger partial charge on any atom is -0.356 e. The molecule has 2 N–H and O–H groups in total. The lowest BCUT2D eigenvalue weighted by Gasteiger charge is -2.11. The number of nitrogens with one attached hydrogen (secondary N) is 2. The van der Waals surface area contributed by atoms with Gasteiger partial charge in [0, 0.05) is 29.7 Å². The molecule has 4 heteroatoms. The van der Waals surface area contributed by atoms with E-state index >= 15 is 0 Å². The third-order valence-electron chi connectivity index (χ3n) is 5.77. The summed E-state index contributed by atoms with van der Waals surface area (Å²) < 4.78 is 0. The van der Waals surface area contributed by atoms with Crippen molar-refractivity contribution in [2.24, 2.45) is 5.92 Å². The van der Waals surface area contributed by atoms with Gasteiger partial charge in [-0.05, 0) is 66.4 Å². The van der Waals surface area contributed by atoms with Crippen molar-refractivity contribution < 1.29 is 4.79 Å². The fourth-order valence-electron chi connectivity index (χ4n) is 4.03. The number of hydrogen-bond donors (Lipinski definition) is 2. The van der Waals surface area contributed by atoms with Gasteiger partial charge >= 0.3 is 0 Å². The van der Waals surface area contributed by atoms with E-state index in [1.54, 1.807) is 6.20 Å². The lowest BCUT2D eigenvalue weighted by atomic mass is 10.0. The topological polar surface area (TPSA) is 54.0 Å². The maximum atomic E-state index is 12.5. The molecule has 1 aliphatic carbocycles. The van der Waals surface area contributed by atoms with Crippen LogP contribution in [0.2, 0.25) is 0 Å². The summed E-state index contributed by atoms with van der Waals surface area (Å²) >= 11 is 0. The third kappa shape index (κ3) is 6.29. The summed E-state index contributed by atoms with van der Waals surface area (Å²) in [5.41, 5.74) is 4.61. The molecule has 0 atom stereocenters. The summed E-state index contributed by atoms with van der Waals surface area (Å²) in [6.07, 6.45) is 12.2. The highest BCUT2D eigenvalue weighted by Gasteiger charge is 2.15. The van der Waals surface area contributed by atoms with E-state index in [4.69, 9.17) is 0 Å². The molecule has 0 unspecified atom stereocenters. The molecule has 1 aromatic heterocycles. The number of hydrogen-bond acceptors (Lipinski definition) is 3. The summed E-state index contributed by atoms with van der Waals surface area (Å²) in [6.45, 7) is 0.759. The Morgan fingerprint density at radius 3 is 2.55 bits per heavy atom. The van der Waals surface area contributed by atoms with E-state index in [9.17, 15) is 4.79 Å². The number of nitrogens with zero attached hydrogens (tertiary/aromatic N) is 1. The Morgan fingerprint density at radius 2 is 1.77 bits per heavy atom. The smallest absolute Gasteiger partial charge is 0.251 e. The number of aromatic nitrogens is 1. The van der Waals surface area contributed by atoms with E-state index in [2.05, 4.69) is 27.8 Å². The van der Waals surface area contributed by atoms with Gasteiger partial charge in [-0.15, -0.1) is 0 Å². The van der Waals surface area contributed by atoms with Gasteiger partial charge in [0.15, 0.2) is 0 Å². The van der Waals surface area contributed by atoms with Gasteiger partial charge in [-0.1, -0.05) is 56.0 Å². The Kier molecular flexibility index (Phi) is 7.12. The summed E-state index contributed by atoms with van der Waals surface area (Å²) in [5.74, 6) is 0.784. The Labute approximate surface area is 184 Å². The van der Waals surface area contributed by atoms with Gasteiger partial charge in [0.1, 0.15) is 0 Å². The molecule has 0 spiro atoms. The molecule has 0 saturated heterocycles. The molecule has 1 aliphatic rings. The molecule has 4 nitrogen and oxygen atoms in total. The number of pyridine rings is 1. The normalized spacial score (nSPS) is 14.1. The molecule has 0 bridgehead atoms. The number of benzene rings is 2. The number of carbonyl (C=O) groups is 1. The van der Waals surface area contributed by atoms with Crippen molar-refractivity contribution in [2.75, 3.05) is 11.9 Å². The van der Waals surface area contributed by atoms with Crippen LogP contribution in [-0.4, -0.2) is 17.4 Å². The lowest BCUT2D eigenvalue weighted by Crippen LogP contribution is -2.25. The second-order valence-electron chi connectivity index (χ2n) is 8.11. The molecule has 0 radical (unpaired) electrons. The van der Waals surface area contributed by atoms with Crippen LogP contribution in [0.5, 0.6) is 0 Å². The van der Waals surface area contributed by atoms with Crippen molar-refractivity contribution in [2.45, 2.75) is 32.1 Å². The van der Waals surface area contributed by atoms with Crippen LogP contribution in [0.1, 0.15) is 53.7 Å². The molecule has 3 aromatic rings. The number of carbonyl (C=O) groups excluding carboxylic acids is 1. The first-order valence-corrected chi connectivity index (χ1v) is 11.1. The zero-order valence-electron chi connectivity index (χ0n) is 17.8. The fraction of sp³-hybridized carbons (Fsp3) is 0.259. The van der Waals surface area contributed by atoms with E-state index in [1.807, 2.05) is 66.7 Å². The predicted octanol–water partition coefficient (Wildman–Crippen LogP) is 6.31. The van der Waals surface area contributed by atoms with Crippen molar-refractivity contribution in [1.82, 2.24) is 10.3 Å². The van der Waals surface area contributed by atoms with Crippen molar-refractivity contribution in [3.63, 3.8) is 0 Å². The minimum atomic E-state index is -0.00310. The van der Waals surface area contributed by atoms with Crippen LogP contribution in [0, 0.1) is 5.92 Å². The molecule has 1 saturated carbocycles. The van der Waals surface area contributed by atoms with E-state index in [1.165, 1.54) is 25.7 Å². The molecule has 31 heavy (non-hydrogen) atoms. The Morgan fingerprint density at radius 1 is 0.935 bits per heavy atom. The van der Waals surface area contributed by atoms with Crippen LogP contribution in [0.4, 0.5) is 11.4 Å². The first-order valence-electron chi connectivity index (χ1n) is 11.1. The fourth-order valence-corrected chi connectivity index (χ4v) is 4.03. The Hall–Kier alpha value is -3.40. The van der Waals surface area contributed by atoms with Crippen LogP contribution in [0.25, 0.3) is 12.2 Å². The SMILES string of the molecule is O=C(NCCC1CCCC1)c1cccc(Nc2ccc(C=Cc3ccccn3)cc2)c1. The second kappa shape index (κ2) is 10.6. The van der Waals surface area contributed by atoms with Crippen LogP contribution >= 0.6 is 0 Å². The molecule has 4 rings (SSSR count). The Balaban J connectivity index is 1.31. The number of anilines is 2. The summed E-state index contributed by atoms with van der Waals surface area (Å²) in [4.78, 5) is 16.8. The first kappa shape index (κ1) is 20.9. The van der Waals surface area contributed by atoms with Crippen LogP contribution in [-0.2, 0) is 0 Å². The highest BCUT2D eigenvalue weighted by Crippen LogP contribution is 2.27. The van der Waals surface area contributed by atoms with Gasteiger partial charge in [0.25, 0.3) is 5.91 Å². The molecule has 1 fully saturated rings. The quantitative estimate of drug-likeness (QED) is 0.457. The lowest BCUT2D eigenvalue weighted by molar-refractivity contribution is 0.0951. The summed E-state index contributed by atoms with van der Waals surface area (Å²) in [7, 11) is 0. The minimum absolute atomic E-state index is 0.00310. The summed E-state index contributed by atoms with van der Waals surface area (Å²) in [5, 5.41) is 6.46. The zero-order valence-corrected chi connectivity index (χ0v) is 17.8. The molecule has 1 heterocycles. The van der Waals surface area contributed by atoms with Gasteiger partial charge in [-0.2, -0.15) is 0 Å². The van der Waals surface area contributed by atoms with Crippen molar-refractivity contribution in [3.05, 3.63) is 89.7 Å². The highest BCUT2D eigenvalue weighted by atomic mass is 16.1. The average molecular weight is 412 g/mol. The maximum Gasteiger partial charge on any atom is 0.251 e. The zero-order chi connectivity index (χ0) is 21.3. The maximum absolute atomic E-state index is 12.5. The molecule has 1 amide bonds. The molecule has 158 valence electrons. The molecule has 2 aromatic carbocycles. The van der Waals surface area contributed by atoms with Gasteiger partial charge in [0.2, 0.25) is 0 Å². The van der Waals surface area contributed by atoms with Crippen LogP contribution in [0.3, 0.4) is 0 Å². The van der Waals surface area contributed by atoms with E-state index in [-0.39, 0.29) is 5.91 Å². The molecular weight excluding hydrogens is 382 g/mol. The van der Waals surface area contributed by atoms with Crippen LogP contribution < -0.4 is 10.6 Å². The molecule has 0 aliphatic heterocycles. The molecular formula is C27H29N3O. The van der Waals surface area contributed by atoms with Crippen LogP contribution in [0.15, 0.2) is 72.9 Å².